The zero-order valence-electron chi connectivity index (χ0n) is 13.9. The summed E-state index contributed by atoms with van der Waals surface area (Å²) in [6, 6.07) is 8.27. The molecule has 0 spiro atoms. The summed E-state index contributed by atoms with van der Waals surface area (Å²) in [5.41, 5.74) is -0.327. The fourth-order valence-corrected chi connectivity index (χ4v) is 3.13. The van der Waals surface area contributed by atoms with Gasteiger partial charge in [0.1, 0.15) is 18.3 Å². The largest absolute Gasteiger partial charge is 0.394 e. The number of H-pyrrole nitrogens is 1. The van der Waals surface area contributed by atoms with Crippen molar-refractivity contribution in [2.75, 3.05) is 6.61 Å². The van der Waals surface area contributed by atoms with Crippen molar-refractivity contribution in [2.24, 2.45) is 0 Å². The Labute approximate surface area is 151 Å². The summed E-state index contributed by atoms with van der Waals surface area (Å²) in [5.74, 6) is -0.680. The molecule has 4 N–H and O–H groups in total. The van der Waals surface area contributed by atoms with E-state index in [1.54, 1.807) is 30.3 Å². The highest BCUT2D eigenvalue weighted by molar-refractivity contribution is 6.08. The number of aliphatic hydroxyl groups is 3. The maximum atomic E-state index is 13.0. The molecule has 27 heavy (non-hydrogen) atoms. The van der Waals surface area contributed by atoms with E-state index in [4.69, 9.17) is 4.74 Å². The molecule has 0 unspecified atom stereocenters. The molecule has 2 aromatic heterocycles. The van der Waals surface area contributed by atoms with E-state index in [0.29, 0.717) is 5.56 Å². The summed E-state index contributed by atoms with van der Waals surface area (Å²) in [4.78, 5) is 35.6. The molecule has 1 aliphatic heterocycles. The number of hydrogen-bond donors (Lipinski definition) is 4. The third-order valence-corrected chi connectivity index (χ3v) is 4.49. The van der Waals surface area contributed by atoms with E-state index >= 15 is 0 Å². The van der Waals surface area contributed by atoms with Crippen molar-refractivity contribution in [1.82, 2.24) is 19.5 Å². The number of aromatic nitrogens is 4. The topological polar surface area (TPSA) is 151 Å². The first-order valence-corrected chi connectivity index (χ1v) is 8.20. The van der Waals surface area contributed by atoms with Crippen LogP contribution in [-0.2, 0) is 4.74 Å². The van der Waals surface area contributed by atoms with E-state index in [9.17, 15) is 24.9 Å². The Morgan fingerprint density at radius 1 is 1.22 bits per heavy atom. The highest BCUT2D eigenvalue weighted by atomic mass is 16.6. The van der Waals surface area contributed by atoms with E-state index in [1.165, 1.54) is 4.57 Å². The van der Waals surface area contributed by atoms with E-state index in [0.717, 1.165) is 6.33 Å². The van der Waals surface area contributed by atoms with Crippen molar-refractivity contribution in [3.63, 3.8) is 0 Å². The van der Waals surface area contributed by atoms with Crippen LogP contribution >= 0.6 is 0 Å². The Morgan fingerprint density at radius 3 is 2.63 bits per heavy atom. The third kappa shape index (κ3) is 2.75. The number of rotatable bonds is 4. The number of hydrogen-bond acceptors (Lipinski definition) is 8. The zero-order chi connectivity index (χ0) is 19.1. The molecule has 0 amide bonds. The van der Waals surface area contributed by atoms with Gasteiger partial charge in [-0.15, -0.1) is 0 Å². The van der Waals surface area contributed by atoms with Crippen molar-refractivity contribution in [3.05, 3.63) is 58.4 Å². The second kappa shape index (κ2) is 6.67. The number of ether oxygens (including phenoxy) is 1. The van der Waals surface area contributed by atoms with Gasteiger partial charge in [-0.1, -0.05) is 30.3 Å². The Hall–Kier alpha value is -2.92. The number of aromatic amines is 1. The molecule has 1 fully saturated rings. The molecule has 4 rings (SSSR count). The molecule has 1 saturated heterocycles. The Balaban J connectivity index is 1.92. The highest BCUT2D eigenvalue weighted by Crippen LogP contribution is 2.32. The van der Waals surface area contributed by atoms with Gasteiger partial charge in [-0.2, -0.15) is 0 Å². The molecule has 3 heterocycles. The van der Waals surface area contributed by atoms with Crippen molar-refractivity contribution >= 4 is 16.9 Å². The lowest BCUT2D eigenvalue weighted by Crippen LogP contribution is -2.33. The van der Waals surface area contributed by atoms with Gasteiger partial charge in [0.25, 0.3) is 5.56 Å². The number of aliphatic hydroxyl groups excluding tert-OH is 3. The van der Waals surface area contributed by atoms with E-state index < -0.39 is 42.5 Å². The highest BCUT2D eigenvalue weighted by Gasteiger charge is 2.45. The van der Waals surface area contributed by atoms with Gasteiger partial charge in [0.05, 0.1) is 12.9 Å². The number of ketones is 1. The third-order valence-electron chi connectivity index (χ3n) is 4.49. The molecule has 140 valence electrons. The van der Waals surface area contributed by atoms with Gasteiger partial charge >= 0.3 is 0 Å². The van der Waals surface area contributed by atoms with E-state index in [2.05, 4.69) is 15.0 Å². The summed E-state index contributed by atoms with van der Waals surface area (Å²) in [6.45, 7) is -0.530. The van der Waals surface area contributed by atoms with Crippen LogP contribution in [-0.4, -0.2) is 65.5 Å². The van der Waals surface area contributed by atoms with E-state index in [1.807, 2.05) is 0 Å². The van der Waals surface area contributed by atoms with Crippen LogP contribution in [0.3, 0.4) is 0 Å². The lowest BCUT2D eigenvalue weighted by Gasteiger charge is -2.18. The molecule has 3 aromatic rings. The molecule has 4 atom stereocenters. The van der Waals surface area contributed by atoms with Crippen LogP contribution < -0.4 is 5.56 Å². The average Bonchev–Trinajstić information content (AvgIpc) is 3.21. The monoisotopic (exact) mass is 372 g/mol. The first-order chi connectivity index (χ1) is 13.0. The molecule has 0 bridgehead atoms. The van der Waals surface area contributed by atoms with Crippen molar-refractivity contribution < 1.29 is 24.9 Å². The second-order valence-electron chi connectivity index (χ2n) is 6.13. The molecule has 10 nitrogen and oxygen atoms in total. The maximum absolute atomic E-state index is 13.0. The zero-order valence-corrected chi connectivity index (χ0v) is 13.9. The molecule has 0 radical (unpaired) electrons. The minimum absolute atomic E-state index is 0.0212. The summed E-state index contributed by atoms with van der Waals surface area (Å²) in [6.07, 6.45) is -3.99. The van der Waals surface area contributed by atoms with Crippen LogP contribution in [0.4, 0.5) is 0 Å². The van der Waals surface area contributed by atoms with Gasteiger partial charge in [-0.3, -0.25) is 14.2 Å². The Morgan fingerprint density at radius 2 is 1.96 bits per heavy atom. The average molecular weight is 372 g/mol. The van der Waals surface area contributed by atoms with Crippen LogP contribution in [0.2, 0.25) is 0 Å². The Kier molecular flexibility index (Phi) is 4.32. The molecule has 10 heteroatoms. The standard InChI is InChI=1S/C17H16N4O6/c22-6-9-12(24)13(25)17(27-9)21-14-10(16(26)19-7-18-14)20-15(21)11(23)8-4-2-1-3-5-8/h1-5,7,9,12-13,17,22,24-25H,6H2,(H,18,19,26)/t9-,12-,13-,17-/m1/s1. The second-order valence-corrected chi connectivity index (χ2v) is 6.13. The summed E-state index contributed by atoms with van der Waals surface area (Å²) in [7, 11) is 0. The molecule has 1 aliphatic rings. The summed E-state index contributed by atoms with van der Waals surface area (Å²) in [5, 5.41) is 29.8. The molecule has 0 aliphatic carbocycles. The van der Waals surface area contributed by atoms with Gasteiger partial charge in [-0.25, -0.2) is 9.97 Å². The number of imidazole rings is 1. The number of nitrogens with one attached hydrogen (secondary N) is 1. The van der Waals surface area contributed by atoms with Crippen molar-refractivity contribution in [1.29, 1.82) is 0 Å². The predicted molar refractivity (Wildman–Crippen MR) is 91.0 cm³/mol. The molecule has 1 aromatic carbocycles. The minimum atomic E-state index is -1.46. The maximum Gasteiger partial charge on any atom is 0.278 e. The van der Waals surface area contributed by atoms with Gasteiger partial charge in [0, 0.05) is 5.56 Å². The van der Waals surface area contributed by atoms with Crippen LogP contribution in [0.5, 0.6) is 0 Å². The van der Waals surface area contributed by atoms with Crippen LogP contribution in [0.25, 0.3) is 11.2 Å². The number of nitrogens with zero attached hydrogens (tertiary/aromatic N) is 3. The molecular formula is C17H16N4O6. The number of fused-ring (bicyclic) bond motifs is 1. The van der Waals surface area contributed by atoms with Crippen LogP contribution in [0.15, 0.2) is 41.5 Å². The van der Waals surface area contributed by atoms with Gasteiger partial charge in [0.15, 0.2) is 23.2 Å². The SMILES string of the molecule is O=C(c1ccccc1)c1nc2c(=O)[nH]cnc2n1[C@@H]1O[C@H](CO)[C@@H](O)[C@H]1O. The lowest BCUT2D eigenvalue weighted by molar-refractivity contribution is -0.0517. The predicted octanol–water partition coefficient (Wildman–Crippen LogP) is -1.04. The van der Waals surface area contributed by atoms with Gasteiger partial charge < -0.3 is 25.0 Å². The fourth-order valence-electron chi connectivity index (χ4n) is 3.13. The lowest BCUT2D eigenvalue weighted by atomic mass is 10.1. The molecule has 0 saturated carbocycles. The van der Waals surface area contributed by atoms with E-state index in [-0.39, 0.29) is 17.0 Å². The number of carbonyl (C=O) groups is 1. The first kappa shape index (κ1) is 17.5. The van der Waals surface area contributed by atoms with Gasteiger partial charge in [0.2, 0.25) is 5.78 Å². The molecular weight excluding hydrogens is 356 g/mol. The first-order valence-electron chi connectivity index (χ1n) is 8.20. The summed E-state index contributed by atoms with van der Waals surface area (Å²) < 4.78 is 6.71. The van der Waals surface area contributed by atoms with Crippen LogP contribution in [0.1, 0.15) is 22.4 Å². The van der Waals surface area contributed by atoms with Crippen molar-refractivity contribution in [3.8, 4) is 0 Å². The van der Waals surface area contributed by atoms with Gasteiger partial charge in [-0.05, 0) is 0 Å². The minimum Gasteiger partial charge on any atom is -0.394 e. The quantitative estimate of drug-likeness (QED) is 0.424. The Bertz CT molecular complexity index is 1050. The summed E-state index contributed by atoms with van der Waals surface area (Å²) >= 11 is 0. The number of carbonyl (C=O) groups excluding carboxylic acids is 1. The fraction of sp³-hybridized carbons (Fsp3) is 0.294. The normalized spacial score (nSPS) is 25.1. The number of benzene rings is 1. The van der Waals surface area contributed by atoms with Crippen LogP contribution in [0, 0.1) is 0 Å². The smallest absolute Gasteiger partial charge is 0.278 e. The van der Waals surface area contributed by atoms with Crippen molar-refractivity contribution in [2.45, 2.75) is 24.5 Å².